The summed E-state index contributed by atoms with van der Waals surface area (Å²) in [5, 5.41) is 0. The lowest BCUT2D eigenvalue weighted by Crippen LogP contribution is -2.23. The largest absolute Gasteiger partial charge is 0.333 e. The van der Waals surface area contributed by atoms with Crippen molar-refractivity contribution in [1.29, 1.82) is 0 Å². The molecule has 0 aromatic carbocycles. The van der Waals surface area contributed by atoms with Gasteiger partial charge >= 0.3 is 0 Å². The molecule has 1 heteroatoms. The van der Waals surface area contributed by atoms with Crippen molar-refractivity contribution in [1.82, 2.24) is 0 Å². The van der Waals surface area contributed by atoms with Gasteiger partial charge in [-0.15, -0.1) is 0 Å². The molecule has 1 nitrogen and oxygen atoms in total. The molecule has 0 bridgehead atoms. The minimum absolute atomic E-state index is 0.764. The third kappa shape index (κ3) is 9.88. The smallest absolute Gasteiger partial charge is 0.0195 e. The van der Waals surface area contributed by atoms with Crippen LogP contribution in [0, 0.1) is 5.41 Å². The Kier molecular flexibility index (Phi) is 20.8. The molecular weight excluding hydrogens is 158 g/mol. The molecule has 1 aliphatic rings. The molecule has 0 saturated heterocycles. The van der Waals surface area contributed by atoms with Gasteiger partial charge in [0.2, 0.25) is 0 Å². The van der Waals surface area contributed by atoms with Gasteiger partial charge in [0.15, 0.2) is 0 Å². The van der Waals surface area contributed by atoms with Crippen molar-refractivity contribution in [3.63, 3.8) is 0 Å². The molecule has 2 N–H and O–H groups in total. The highest BCUT2D eigenvalue weighted by Gasteiger charge is 2.28. The molecule has 13 heavy (non-hydrogen) atoms. The van der Waals surface area contributed by atoms with Crippen molar-refractivity contribution in [3.8, 4) is 0 Å². The fourth-order valence-electron chi connectivity index (χ4n) is 1.13. The normalized spacial score (nSPS) is 15.7. The predicted molar refractivity (Wildman–Crippen MR) is 65.1 cm³/mol. The predicted octanol–water partition coefficient (Wildman–Crippen LogP) is 4.21. The van der Waals surface area contributed by atoms with Crippen LogP contribution < -0.4 is 5.73 Å². The summed E-state index contributed by atoms with van der Waals surface area (Å²) >= 11 is 0. The van der Waals surface area contributed by atoms with Gasteiger partial charge in [-0.3, -0.25) is 0 Å². The standard InChI is InChI=1S/C7H14.2C2H6.CH5N/c1-3-7(2)5-4-6-7;3*1-2/h3-6H2,1-2H3;2*1-2H3;2H2,1H3. The van der Waals surface area contributed by atoms with E-state index < -0.39 is 0 Å². The number of hydrogen-bond acceptors (Lipinski definition) is 1. The van der Waals surface area contributed by atoms with Crippen molar-refractivity contribution in [2.24, 2.45) is 11.1 Å². The molecule has 1 aliphatic carbocycles. The maximum Gasteiger partial charge on any atom is -0.0195 e. The zero-order valence-electron chi connectivity index (χ0n) is 10.9. The Bertz CT molecular complexity index is 60.0. The Labute approximate surface area is 86.1 Å². The fourth-order valence-corrected chi connectivity index (χ4v) is 1.13. The van der Waals surface area contributed by atoms with E-state index in [0.717, 1.165) is 5.41 Å². The van der Waals surface area contributed by atoms with Crippen LogP contribution >= 0.6 is 0 Å². The van der Waals surface area contributed by atoms with E-state index in [0.29, 0.717) is 0 Å². The van der Waals surface area contributed by atoms with Crippen LogP contribution in [0.2, 0.25) is 0 Å². The molecule has 0 aliphatic heterocycles. The molecule has 0 aromatic heterocycles. The van der Waals surface area contributed by atoms with Crippen LogP contribution in [0.4, 0.5) is 0 Å². The first kappa shape index (κ1) is 18.7. The van der Waals surface area contributed by atoms with Gasteiger partial charge in [0.05, 0.1) is 0 Å². The minimum atomic E-state index is 0.764. The van der Waals surface area contributed by atoms with E-state index in [1.165, 1.54) is 32.7 Å². The summed E-state index contributed by atoms with van der Waals surface area (Å²) < 4.78 is 0. The lowest BCUT2D eigenvalue weighted by molar-refractivity contribution is 0.155. The van der Waals surface area contributed by atoms with Gasteiger partial charge in [-0.2, -0.15) is 0 Å². The van der Waals surface area contributed by atoms with E-state index in [4.69, 9.17) is 0 Å². The molecule has 0 aromatic rings. The summed E-state index contributed by atoms with van der Waals surface area (Å²) in [6.07, 6.45) is 5.81. The van der Waals surface area contributed by atoms with Gasteiger partial charge in [0.1, 0.15) is 0 Å². The van der Waals surface area contributed by atoms with Crippen LogP contribution in [0.5, 0.6) is 0 Å². The molecule has 0 amide bonds. The zero-order valence-corrected chi connectivity index (χ0v) is 10.9. The van der Waals surface area contributed by atoms with E-state index in [9.17, 15) is 0 Å². The highest BCUT2D eigenvalue weighted by atomic mass is 14.4. The molecule has 0 heterocycles. The summed E-state index contributed by atoms with van der Waals surface area (Å²) in [7, 11) is 1.50. The average Bonchev–Trinajstić information content (AvgIpc) is 2.23. The number of hydrogen-bond donors (Lipinski definition) is 1. The molecule has 0 atom stereocenters. The first-order valence-corrected chi connectivity index (χ1v) is 5.85. The van der Waals surface area contributed by atoms with Crippen molar-refractivity contribution in [2.45, 2.75) is 67.2 Å². The summed E-state index contributed by atoms with van der Waals surface area (Å²) in [4.78, 5) is 0. The summed E-state index contributed by atoms with van der Waals surface area (Å²) in [6, 6.07) is 0. The number of nitrogens with two attached hydrogens (primary N) is 1. The van der Waals surface area contributed by atoms with Gasteiger partial charge in [0, 0.05) is 0 Å². The molecular formula is C12H31N. The fraction of sp³-hybridized carbons (Fsp3) is 1.00. The second-order valence-electron chi connectivity index (χ2n) is 3.02. The molecule has 1 saturated carbocycles. The van der Waals surface area contributed by atoms with Crippen molar-refractivity contribution < 1.29 is 0 Å². The van der Waals surface area contributed by atoms with Crippen molar-refractivity contribution >= 4 is 0 Å². The van der Waals surface area contributed by atoms with E-state index in [1.54, 1.807) is 0 Å². The molecule has 0 spiro atoms. The third-order valence-corrected chi connectivity index (χ3v) is 2.41. The molecule has 0 radical (unpaired) electrons. The van der Waals surface area contributed by atoms with Crippen molar-refractivity contribution in [3.05, 3.63) is 0 Å². The van der Waals surface area contributed by atoms with E-state index in [2.05, 4.69) is 19.6 Å². The third-order valence-electron chi connectivity index (χ3n) is 2.41. The SMILES string of the molecule is CC.CC.CCC1(C)CCC1.CN. The highest BCUT2D eigenvalue weighted by molar-refractivity contribution is 4.81. The van der Waals surface area contributed by atoms with Gasteiger partial charge in [-0.1, -0.05) is 54.4 Å². The summed E-state index contributed by atoms with van der Waals surface area (Å²) in [6.45, 7) is 12.7. The first-order chi connectivity index (χ1) is 6.27. The van der Waals surface area contributed by atoms with E-state index >= 15 is 0 Å². The minimum Gasteiger partial charge on any atom is -0.333 e. The lowest BCUT2D eigenvalue weighted by Gasteiger charge is -2.37. The molecule has 1 rings (SSSR count). The maximum absolute atomic E-state index is 4.50. The molecule has 1 fully saturated rings. The highest BCUT2D eigenvalue weighted by Crippen LogP contribution is 2.42. The van der Waals surface area contributed by atoms with Crippen LogP contribution in [0.3, 0.4) is 0 Å². The average molecular weight is 189 g/mol. The van der Waals surface area contributed by atoms with Gasteiger partial charge in [-0.05, 0) is 25.3 Å². The molecule has 0 unspecified atom stereocenters. The Morgan fingerprint density at radius 2 is 1.31 bits per heavy atom. The van der Waals surface area contributed by atoms with Gasteiger partial charge in [0.25, 0.3) is 0 Å². The molecule has 84 valence electrons. The lowest BCUT2D eigenvalue weighted by atomic mass is 9.69. The van der Waals surface area contributed by atoms with Crippen LogP contribution in [-0.2, 0) is 0 Å². The van der Waals surface area contributed by atoms with E-state index in [-0.39, 0.29) is 0 Å². The zero-order chi connectivity index (χ0) is 11.3. The van der Waals surface area contributed by atoms with Gasteiger partial charge in [-0.25, -0.2) is 0 Å². The van der Waals surface area contributed by atoms with Crippen LogP contribution in [0.15, 0.2) is 0 Å². The summed E-state index contributed by atoms with van der Waals surface area (Å²) in [5.41, 5.74) is 5.26. The van der Waals surface area contributed by atoms with Crippen LogP contribution in [0.1, 0.15) is 67.2 Å². The Hall–Kier alpha value is -0.0400. The van der Waals surface area contributed by atoms with Crippen LogP contribution in [0.25, 0.3) is 0 Å². The topological polar surface area (TPSA) is 26.0 Å². The Morgan fingerprint density at radius 3 is 1.31 bits per heavy atom. The summed E-state index contributed by atoms with van der Waals surface area (Å²) in [5.74, 6) is 0. The number of rotatable bonds is 1. The Balaban J connectivity index is -0.000000144. The first-order valence-electron chi connectivity index (χ1n) is 5.85. The maximum atomic E-state index is 4.50. The Morgan fingerprint density at radius 1 is 1.00 bits per heavy atom. The van der Waals surface area contributed by atoms with Crippen molar-refractivity contribution in [2.75, 3.05) is 7.05 Å². The van der Waals surface area contributed by atoms with Crippen LogP contribution in [-0.4, -0.2) is 7.05 Å². The monoisotopic (exact) mass is 189 g/mol. The van der Waals surface area contributed by atoms with Gasteiger partial charge < -0.3 is 5.73 Å². The second-order valence-corrected chi connectivity index (χ2v) is 3.02. The quantitative estimate of drug-likeness (QED) is 0.657. The second kappa shape index (κ2) is 14.5. The van der Waals surface area contributed by atoms with E-state index in [1.807, 2.05) is 27.7 Å².